The molecule has 0 spiro atoms. The molecule has 1 aromatic carbocycles. The fourth-order valence-corrected chi connectivity index (χ4v) is 2.30. The number of benzene rings is 1. The molecule has 0 aliphatic heterocycles. The summed E-state index contributed by atoms with van der Waals surface area (Å²) in [5, 5.41) is 9.68. The molecule has 1 aromatic heterocycles. The maximum atomic E-state index is 8.96. The van der Waals surface area contributed by atoms with Gasteiger partial charge in [-0.25, -0.2) is 0 Å². The molecule has 0 unspecified atom stereocenters. The normalized spacial score (nSPS) is 10.4. The highest BCUT2D eigenvalue weighted by atomic mass is 79.9. The van der Waals surface area contributed by atoms with E-state index in [1.165, 1.54) is 11.3 Å². The molecule has 0 aliphatic carbocycles. The minimum atomic E-state index is -0.125. The third-order valence-electron chi connectivity index (χ3n) is 1.79. The van der Waals surface area contributed by atoms with Gasteiger partial charge < -0.3 is 9.84 Å². The van der Waals surface area contributed by atoms with Crippen molar-refractivity contribution < 1.29 is 9.84 Å². The number of halogens is 2. The van der Waals surface area contributed by atoms with Gasteiger partial charge in [-0.15, -0.1) is 0 Å². The SMILES string of the molecule is OCc1sc(Oc2ccc(Br)cc2)nc1Cl. The molecule has 0 saturated carbocycles. The lowest BCUT2D eigenvalue weighted by atomic mass is 10.3. The molecule has 16 heavy (non-hydrogen) atoms. The number of aliphatic hydroxyl groups excluding tert-OH is 1. The van der Waals surface area contributed by atoms with Crippen LogP contribution in [0.1, 0.15) is 4.88 Å². The Labute approximate surface area is 110 Å². The molecular formula is C10H7BrClNO2S. The lowest BCUT2D eigenvalue weighted by molar-refractivity contribution is 0.285. The van der Waals surface area contributed by atoms with E-state index < -0.39 is 0 Å². The summed E-state index contributed by atoms with van der Waals surface area (Å²) in [5.41, 5.74) is 0. The van der Waals surface area contributed by atoms with E-state index in [1.807, 2.05) is 24.3 Å². The highest BCUT2D eigenvalue weighted by Crippen LogP contribution is 2.32. The van der Waals surface area contributed by atoms with E-state index in [2.05, 4.69) is 20.9 Å². The van der Waals surface area contributed by atoms with Crippen molar-refractivity contribution in [3.8, 4) is 10.9 Å². The summed E-state index contributed by atoms with van der Waals surface area (Å²) < 4.78 is 6.47. The zero-order valence-corrected chi connectivity index (χ0v) is 11.1. The van der Waals surface area contributed by atoms with E-state index in [0.717, 1.165) is 4.47 Å². The lowest BCUT2D eigenvalue weighted by Crippen LogP contribution is -1.81. The Hall–Kier alpha value is -0.620. The second kappa shape index (κ2) is 5.14. The Balaban J connectivity index is 2.17. The Bertz CT molecular complexity index is 486. The molecule has 0 aliphatic rings. The molecule has 0 fully saturated rings. The maximum absolute atomic E-state index is 8.96. The number of aromatic nitrogens is 1. The van der Waals surface area contributed by atoms with Crippen LogP contribution in [-0.2, 0) is 6.61 Å². The molecule has 3 nitrogen and oxygen atoms in total. The van der Waals surface area contributed by atoms with Gasteiger partial charge in [-0.1, -0.05) is 38.9 Å². The van der Waals surface area contributed by atoms with Gasteiger partial charge in [0.1, 0.15) is 10.9 Å². The van der Waals surface area contributed by atoms with Gasteiger partial charge in [-0.05, 0) is 24.3 Å². The number of aliphatic hydroxyl groups is 1. The van der Waals surface area contributed by atoms with Crippen molar-refractivity contribution in [1.29, 1.82) is 0 Å². The fourth-order valence-electron chi connectivity index (χ4n) is 1.06. The monoisotopic (exact) mass is 319 g/mol. The quantitative estimate of drug-likeness (QED) is 0.934. The van der Waals surface area contributed by atoms with E-state index in [1.54, 1.807) is 0 Å². The number of rotatable bonds is 3. The van der Waals surface area contributed by atoms with E-state index in [4.69, 9.17) is 21.4 Å². The van der Waals surface area contributed by atoms with Gasteiger partial charge in [0.05, 0.1) is 11.5 Å². The van der Waals surface area contributed by atoms with Crippen molar-refractivity contribution in [3.63, 3.8) is 0 Å². The third kappa shape index (κ3) is 2.74. The average Bonchev–Trinajstić information content (AvgIpc) is 2.62. The number of nitrogens with zero attached hydrogens (tertiary/aromatic N) is 1. The van der Waals surface area contributed by atoms with Crippen LogP contribution in [0, 0.1) is 0 Å². The van der Waals surface area contributed by atoms with Crippen molar-refractivity contribution in [3.05, 3.63) is 38.8 Å². The Morgan fingerprint density at radius 3 is 2.62 bits per heavy atom. The van der Waals surface area contributed by atoms with E-state index in [-0.39, 0.29) is 6.61 Å². The number of ether oxygens (including phenoxy) is 1. The van der Waals surface area contributed by atoms with Crippen molar-refractivity contribution in [2.24, 2.45) is 0 Å². The van der Waals surface area contributed by atoms with Crippen LogP contribution in [0.4, 0.5) is 0 Å². The Kier molecular flexibility index (Phi) is 3.81. The first kappa shape index (κ1) is 11.9. The minimum Gasteiger partial charge on any atom is -0.431 e. The maximum Gasteiger partial charge on any atom is 0.280 e. The van der Waals surface area contributed by atoms with Gasteiger partial charge >= 0.3 is 0 Å². The van der Waals surface area contributed by atoms with Crippen LogP contribution in [0.25, 0.3) is 0 Å². The summed E-state index contributed by atoms with van der Waals surface area (Å²) >= 11 is 10.4. The minimum absolute atomic E-state index is 0.125. The lowest BCUT2D eigenvalue weighted by Gasteiger charge is -2.00. The molecule has 84 valence electrons. The van der Waals surface area contributed by atoms with Crippen LogP contribution in [0.3, 0.4) is 0 Å². The summed E-state index contributed by atoms with van der Waals surface area (Å²) in [6.45, 7) is -0.125. The topological polar surface area (TPSA) is 42.4 Å². The van der Waals surface area contributed by atoms with E-state index in [0.29, 0.717) is 21.0 Å². The van der Waals surface area contributed by atoms with Crippen molar-refractivity contribution in [2.45, 2.75) is 6.61 Å². The summed E-state index contributed by atoms with van der Waals surface area (Å²) in [5.74, 6) is 0.679. The molecule has 1 N–H and O–H groups in total. The summed E-state index contributed by atoms with van der Waals surface area (Å²) in [7, 11) is 0. The van der Waals surface area contributed by atoms with Gasteiger partial charge in [0.2, 0.25) is 0 Å². The van der Waals surface area contributed by atoms with E-state index >= 15 is 0 Å². The van der Waals surface area contributed by atoms with Gasteiger partial charge in [-0.2, -0.15) is 4.98 Å². The fraction of sp³-hybridized carbons (Fsp3) is 0.100. The van der Waals surface area contributed by atoms with Crippen molar-refractivity contribution in [2.75, 3.05) is 0 Å². The van der Waals surface area contributed by atoms with Crippen LogP contribution in [0.5, 0.6) is 10.9 Å². The van der Waals surface area contributed by atoms with Crippen molar-refractivity contribution in [1.82, 2.24) is 4.98 Å². The van der Waals surface area contributed by atoms with Crippen molar-refractivity contribution >= 4 is 38.9 Å². The summed E-state index contributed by atoms with van der Waals surface area (Å²) in [6.07, 6.45) is 0. The molecule has 1 heterocycles. The molecule has 0 amide bonds. The molecule has 6 heteroatoms. The average molecular weight is 321 g/mol. The first-order chi connectivity index (χ1) is 7.69. The van der Waals surface area contributed by atoms with Gasteiger partial charge in [0.15, 0.2) is 0 Å². The van der Waals surface area contributed by atoms with Gasteiger partial charge in [-0.3, -0.25) is 0 Å². The summed E-state index contributed by atoms with van der Waals surface area (Å²) in [4.78, 5) is 4.59. The summed E-state index contributed by atoms with van der Waals surface area (Å²) in [6, 6.07) is 7.38. The highest BCUT2D eigenvalue weighted by Gasteiger charge is 2.09. The Morgan fingerprint density at radius 1 is 1.38 bits per heavy atom. The van der Waals surface area contributed by atoms with Crippen LogP contribution in [-0.4, -0.2) is 10.1 Å². The zero-order valence-electron chi connectivity index (χ0n) is 7.98. The second-order valence-corrected chi connectivity index (χ2v) is 5.23. The van der Waals surface area contributed by atoms with Crippen LogP contribution in [0.2, 0.25) is 5.15 Å². The molecular weight excluding hydrogens is 314 g/mol. The predicted octanol–water partition coefficient (Wildman–Crippen LogP) is 3.84. The number of hydrogen-bond acceptors (Lipinski definition) is 4. The second-order valence-electron chi connectivity index (χ2n) is 2.91. The van der Waals surface area contributed by atoms with Crippen LogP contribution < -0.4 is 4.74 Å². The first-order valence-corrected chi connectivity index (χ1v) is 6.37. The molecule has 2 rings (SSSR count). The van der Waals surface area contributed by atoms with Gasteiger partial charge in [0.25, 0.3) is 5.19 Å². The smallest absolute Gasteiger partial charge is 0.280 e. The standard InChI is InChI=1S/C10H7BrClNO2S/c11-6-1-3-7(4-2-6)15-10-13-9(12)8(5-14)16-10/h1-4,14H,5H2. The van der Waals surface area contributed by atoms with E-state index in [9.17, 15) is 0 Å². The van der Waals surface area contributed by atoms with Gasteiger partial charge in [0, 0.05) is 4.47 Å². The Morgan fingerprint density at radius 2 is 2.06 bits per heavy atom. The van der Waals surface area contributed by atoms with Crippen LogP contribution in [0.15, 0.2) is 28.7 Å². The third-order valence-corrected chi connectivity index (χ3v) is 3.66. The molecule has 0 atom stereocenters. The predicted molar refractivity (Wildman–Crippen MR) is 67.3 cm³/mol. The first-order valence-electron chi connectivity index (χ1n) is 4.38. The molecule has 0 bridgehead atoms. The number of hydrogen-bond donors (Lipinski definition) is 1. The molecule has 0 saturated heterocycles. The zero-order chi connectivity index (χ0) is 11.5. The highest BCUT2D eigenvalue weighted by molar-refractivity contribution is 9.10. The largest absolute Gasteiger partial charge is 0.431 e. The number of thiazole rings is 1. The molecule has 0 radical (unpaired) electrons. The van der Waals surface area contributed by atoms with Crippen LogP contribution >= 0.6 is 38.9 Å². The molecule has 2 aromatic rings.